The van der Waals surface area contributed by atoms with E-state index in [0.717, 1.165) is 29.0 Å². The number of nitrogens with one attached hydrogen (secondary N) is 1. The molecule has 0 saturated carbocycles. The molecular weight excluding hydrogens is 262 g/mol. The van der Waals surface area contributed by atoms with Crippen molar-refractivity contribution in [3.05, 3.63) is 48.0 Å². The molecule has 0 heterocycles. The Balaban J connectivity index is 2.48. The maximum Gasteiger partial charge on any atom is 0.126 e. The average Bonchev–Trinajstić information content (AvgIpc) is 2.55. The van der Waals surface area contributed by atoms with Gasteiger partial charge in [0, 0.05) is 11.6 Å². The van der Waals surface area contributed by atoms with Gasteiger partial charge >= 0.3 is 0 Å². The highest BCUT2D eigenvalue weighted by Gasteiger charge is 2.11. The lowest BCUT2D eigenvalue weighted by molar-refractivity contribution is 0.404. The second-order valence-corrected chi connectivity index (χ2v) is 4.94. The maximum absolute atomic E-state index is 5.48. The van der Waals surface area contributed by atoms with Crippen LogP contribution >= 0.6 is 0 Å². The van der Waals surface area contributed by atoms with Crippen molar-refractivity contribution in [3.8, 4) is 22.6 Å². The molecule has 0 amide bonds. The van der Waals surface area contributed by atoms with E-state index in [2.05, 4.69) is 36.5 Å². The summed E-state index contributed by atoms with van der Waals surface area (Å²) in [5, 5.41) is 3.34. The lowest BCUT2D eigenvalue weighted by atomic mass is 9.97. The van der Waals surface area contributed by atoms with Crippen molar-refractivity contribution in [1.82, 2.24) is 5.32 Å². The molecule has 1 N–H and O–H groups in total. The number of benzene rings is 2. The van der Waals surface area contributed by atoms with Gasteiger partial charge in [-0.1, -0.05) is 25.1 Å². The van der Waals surface area contributed by atoms with Crippen molar-refractivity contribution in [2.75, 3.05) is 21.3 Å². The zero-order valence-electron chi connectivity index (χ0n) is 13.1. The number of ether oxygens (including phenoxy) is 2. The van der Waals surface area contributed by atoms with Crippen LogP contribution in [0.3, 0.4) is 0 Å². The molecule has 2 aromatic rings. The molecule has 112 valence electrons. The van der Waals surface area contributed by atoms with Crippen molar-refractivity contribution in [3.63, 3.8) is 0 Å². The summed E-state index contributed by atoms with van der Waals surface area (Å²) in [6.45, 7) is 2.18. The molecule has 0 aliphatic carbocycles. The Hall–Kier alpha value is -2.00. The molecular formula is C18H23NO2. The van der Waals surface area contributed by atoms with E-state index in [4.69, 9.17) is 9.47 Å². The second-order valence-electron chi connectivity index (χ2n) is 4.94. The number of rotatable bonds is 6. The summed E-state index contributed by atoms with van der Waals surface area (Å²) in [6.07, 6.45) is 1.05. The number of methoxy groups -OCH3 is 2. The van der Waals surface area contributed by atoms with Gasteiger partial charge in [0.2, 0.25) is 0 Å². The van der Waals surface area contributed by atoms with Crippen LogP contribution < -0.4 is 14.8 Å². The largest absolute Gasteiger partial charge is 0.497 e. The van der Waals surface area contributed by atoms with Gasteiger partial charge in [-0.25, -0.2) is 0 Å². The first-order valence-electron chi connectivity index (χ1n) is 7.23. The van der Waals surface area contributed by atoms with E-state index in [9.17, 15) is 0 Å². The molecule has 0 aromatic heterocycles. The maximum atomic E-state index is 5.48. The minimum atomic E-state index is 0.363. The molecule has 0 aliphatic heterocycles. The predicted octanol–water partition coefficient (Wildman–Crippen LogP) is 4.04. The van der Waals surface area contributed by atoms with Crippen molar-refractivity contribution in [2.45, 2.75) is 19.4 Å². The van der Waals surface area contributed by atoms with Crippen LogP contribution in [-0.2, 0) is 0 Å². The fraction of sp³-hybridized carbons (Fsp3) is 0.333. The van der Waals surface area contributed by atoms with Crippen LogP contribution in [0, 0.1) is 0 Å². The van der Waals surface area contributed by atoms with Crippen LogP contribution in [0.2, 0.25) is 0 Å². The Morgan fingerprint density at radius 3 is 2.48 bits per heavy atom. The average molecular weight is 285 g/mol. The molecule has 3 heteroatoms. The molecule has 3 nitrogen and oxygen atoms in total. The molecule has 1 unspecified atom stereocenters. The first kappa shape index (κ1) is 15.4. The van der Waals surface area contributed by atoms with Crippen LogP contribution in [0.25, 0.3) is 11.1 Å². The summed E-state index contributed by atoms with van der Waals surface area (Å²) in [5.74, 6) is 1.68. The summed E-state index contributed by atoms with van der Waals surface area (Å²) in [6, 6.07) is 14.8. The fourth-order valence-electron chi connectivity index (χ4n) is 2.57. The Bertz CT molecular complexity index is 592. The van der Waals surface area contributed by atoms with E-state index in [1.165, 1.54) is 5.56 Å². The molecule has 0 aliphatic rings. The van der Waals surface area contributed by atoms with Gasteiger partial charge in [-0.2, -0.15) is 0 Å². The topological polar surface area (TPSA) is 30.5 Å². The Morgan fingerprint density at radius 2 is 1.86 bits per heavy atom. The third-order valence-electron chi connectivity index (χ3n) is 3.76. The van der Waals surface area contributed by atoms with E-state index in [0.29, 0.717) is 6.04 Å². The smallest absolute Gasteiger partial charge is 0.126 e. The van der Waals surface area contributed by atoms with Gasteiger partial charge in [0.15, 0.2) is 0 Å². The molecule has 1 atom stereocenters. The third-order valence-corrected chi connectivity index (χ3v) is 3.76. The molecule has 0 saturated heterocycles. The van der Waals surface area contributed by atoms with Crippen molar-refractivity contribution < 1.29 is 9.47 Å². The van der Waals surface area contributed by atoms with Gasteiger partial charge in [0.25, 0.3) is 0 Å². The molecule has 0 radical (unpaired) electrons. The minimum Gasteiger partial charge on any atom is -0.497 e. The highest BCUT2D eigenvalue weighted by Crippen LogP contribution is 2.34. The second kappa shape index (κ2) is 7.14. The van der Waals surface area contributed by atoms with Crippen molar-refractivity contribution in [2.24, 2.45) is 0 Å². The molecule has 0 bridgehead atoms. The third kappa shape index (κ3) is 3.37. The van der Waals surface area contributed by atoms with Crippen LogP contribution in [0.5, 0.6) is 11.5 Å². The molecule has 0 fully saturated rings. The molecule has 0 spiro atoms. The standard InChI is InChI=1S/C18H23NO2/c1-5-17(19-2)14-8-6-7-13(11-14)16-12-15(20-3)9-10-18(16)21-4/h6-12,17,19H,5H2,1-4H3. The van der Waals surface area contributed by atoms with E-state index < -0.39 is 0 Å². The summed E-state index contributed by atoms with van der Waals surface area (Å²) in [4.78, 5) is 0. The van der Waals surface area contributed by atoms with Crippen LogP contribution in [0.4, 0.5) is 0 Å². The SMILES string of the molecule is CCC(NC)c1cccc(-c2cc(OC)ccc2OC)c1. The van der Waals surface area contributed by atoms with Gasteiger partial charge in [-0.3, -0.25) is 0 Å². The zero-order valence-corrected chi connectivity index (χ0v) is 13.1. The zero-order chi connectivity index (χ0) is 15.2. The molecule has 2 aromatic carbocycles. The lowest BCUT2D eigenvalue weighted by Crippen LogP contribution is -2.15. The Morgan fingerprint density at radius 1 is 1.05 bits per heavy atom. The monoisotopic (exact) mass is 285 g/mol. The summed E-state index contributed by atoms with van der Waals surface area (Å²) < 4.78 is 10.8. The quantitative estimate of drug-likeness (QED) is 0.869. The summed E-state index contributed by atoms with van der Waals surface area (Å²) in [5.41, 5.74) is 3.46. The highest BCUT2D eigenvalue weighted by atomic mass is 16.5. The van der Waals surface area contributed by atoms with E-state index >= 15 is 0 Å². The van der Waals surface area contributed by atoms with Crippen molar-refractivity contribution in [1.29, 1.82) is 0 Å². The van der Waals surface area contributed by atoms with Crippen molar-refractivity contribution >= 4 is 0 Å². The number of hydrogen-bond acceptors (Lipinski definition) is 3. The Kier molecular flexibility index (Phi) is 5.23. The molecule has 21 heavy (non-hydrogen) atoms. The van der Waals surface area contributed by atoms with Gasteiger partial charge < -0.3 is 14.8 Å². The van der Waals surface area contributed by atoms with E-state index in [1.807, 2.05) is 25.2 Å². The van der Waals surface area contributed by atoms with E-state index in [1.54, 1.807) is 14.2 Å². The van der Waals surface area contributed by atoms with Gasteiger partial charge in [-0.15, -0.1) is 0 Å². The lowest BCUT2D eigenvalue weighted by Gasteiger charge is -2.16. The predicted molar refractivity (Wildman–Crippen MR) is 87.1 cm³/mol. The van der Waals surface area contributed by atoms with Crippen LogP contribution in [-0.4, -0.2) is 21.3 Å². The Labute approximate surface area is 126 Å². The summed E-state index contributed by atoms with van der Waals surface area (Å²) in [7, 11) is 5.36. The first-order chi connectivity index (χ1) is 10.2. The fourth-order valence-corrected chi connectivity index (χ4v) is 2.57. The van der Waals surface area contributed by atoms with Crippen LogP contribution in [0.15, 0.2) is 42.5 Å². The highest BCUT2D eigenvalue weighted by molar-refractivity contribution is 5.72. The van der Waals surface area contributed by atoms with Gasteiger partial charge in [-0.05, 0) is 48.9 Å². The first-order valence-corrected chi connectivity index (χ1v) is 7.23. The number of hydrogen-bond donors (Lipinski definition) is 1. The molecule has 2 rings (SSSR count). The normalized spacial score (nSPS) is 12.0. The minimum absolute atomic E-state index is 0.363. The van der Waals surface area contributed by atoms with Gasteiger partial charge in [0.1, 0.15) is 11.5 Å². The summed E-state index contributed by atoms with van der Waals surface area (Å²) >= 11 is 0. The van der Waals surface area contributed by atoms with Crippen LogP contribution in [0.1, 0.15) is 24.9 Å². The van der Waals surface area contributed by atoms with Gasteiger partial charge in [0.05, 0.1) is 14.2 Å². The van der Waals surface area contributed by atoms with E-state index in [-0.39, 0.29) is 0 Å².